The Morgan fingerprint density at radius 2 is 2.38 bits per heavy atom. The molecule has 1 aromatic carbocycles. The molecule has 0 bridgehead atoms. The van der Waals surface area contributed by atoms with Gasteiger partial charge in [0.15, 0.2) is 5.76 Å². The van der Waals surface area contributed by atoms with Gasteiger partial charge in [-0.1, -0.05) is 16.8 Å². The quantitative estimate of drug-likeness (QED) is 0.800. The van der Waals surface area contributed by atoms with E-state index in [4.69, 9.17) is 16.1 Å². The Morgan fingerprint density at radius 3 is 3.15 bits per heavy atom. The number of nitrogens with one attached hydrogen (secondary N) is 1. The summed E-state index contributed by atoms with van der Waals surface area (Å²) in [5.41, 5.74) is 0.842. The Hall–Kier alpha value is -1.06. The SMILES string of the molecule is CNCc1onc2ccc(Cl)cc12. The molecule has 0 unspecified atom stereocenters. The zero-order chi connectivity index (χ0) is 9.26. The molecule has 0 atom stereocenters. The van der Waals surface area contributed by atoms with Gasteiger partial charge in [-0.05, 0) is 25.2 Å². The van der Waals surface area contributed by atoms with Gasteiger partial charge in [-0.25, -0.2) is 0 Å². The lowest BCUT2D eigenvalue weighted by Gasteiger charge is -1.93. The molecule has 0 saturated carbocycles. The summed E-state index contributed by atoms with van der Waals surface area (Å²) in [6.45, 7) is 0.664. The average molecular weight is 197 g/mol. The second-order valence-corrected chi connectivity index (χ2v) is 3.23. The molecule has 0 aliphatic rings. The van der Waals surface area contributed by atoms with E-state index >= 15 is 0 Å². The average Bonchev–Trinajstić information content (AvgIpc) is 2.49. The Kier molecular flexibility index (Phi) is 2.20. The van der Waals surface area contributed by atoms with Gasteiger partial charge in [0, 0.05) is 10.4 Å². The van der Waals surface area contributed by atoms with Crippen molar-refractivity contribution in [3.63, 3.8) is 0 Å². The van der Waals surface area contributed by atoms with Gasteiger partial charge >= 0.3 is 0 Å². The summed E-state index contributed by atoms with van der Waals surface area (Å²) in [5.74, 6) is 0.819. The van der Waals surface area contributed by atoms with Crippen molar-refractivity contribution in [3.8, 4) is 0 Å². The van der Waals surface area contributed by atoms with Crippen molar-refractivity contribution < 1.29 is 4.52 Å². The van der Waals surface area contributed by atoms with Crippen molar-refractivity contribution in [2.75, 3.05) is 7.05 Å². The lowest BCUT2D eigenvalue weighted by atomic mass is 10.2. The van der Waals surface area contributed by atoms with Gasteiger partial charge in [-0.3, -0.25) is 0 Å². The number of aromatic nitrogens is 1. The molecule has 3 nitrogen and oxygen atoms in total. The van der Waals surface area contributed by atoms with Gasteiger partial charge in [0.25, 0.3) is 0 Å². The maximum atomic E-state index is 5.86. The molecule has 0 aliphatic heterocycles. The van der Waals surface area contributed by atoms with E-state index in [0.29, 0.717) is 11.6 Å². The van der Waals surface area contributed by atoms with Crippen LogP contribution in [0.5, 0.6) is 0 Å². The maximum Gasteiger partial charge on any atom is 0.158 e. The van der Waals surface area contributed by atoms with Crippen LogP contribution in [0.4, 0.5) is 0 Å². The van der Waals surface area contributed by atoms with E-state index in [1.165, 1.54) is 0 Å². The molecule has 13 heavy (non-hydrogen) atoms. The predicted molar refractivity (Wildman–Crippen MR) is 51.8 cm³/mol. The Labute approximate surface area is 80.7 Å². The van der Waals surface area contributed by atoms with E-state index in [0.717, 1.165) is 16.7 Å². The van der Waals surface area contributed by atoms with Crippen molar-refractivity contribution >= 4 is 22.5 Å². The minimum absolute atomic E-state index is 0.664. The summed E-state index contributed by atoms with van der Waals surface area (Å²) in [4.78, 5) is 0. The first-order chi connectivity index (χ1) is 6.31. The second-order valence-electron chi connectivity index (χ2n) is 2.80. The van der Waals surface area contributed by atoms with E-state index in [2.05, 4.69) is 10.5 Å². The van der Waals surface area contributed by atoms with Crippen molar-refractivity contribution in [2.45, 2.75) is 6.54 Å². The van der Waals surface area contributed by atoms with Crippen LogP contribution in [0.1, 0.15) is 5.76 Å². The Morgan fingerprint density at radius 1 is 1.54 bits per heavy atom. The summed E-state index contributed by atoms with van der Waals surface area (Å²) >= 11 is 5.86. The summed E-state index contributed by atoms with van der Waals surface area (Å²) in [6, 6.07) is 5.51. The zero-order valence-electron chi connectivity index (χ0n) is 7.17. The molecular weight excluding hydrogens is 188 g/mol. The van der Waals surface area contributed by atoms with Crippen LogP contribution < -0.4 is 5.32 Å². The smallest absolute Gasteiger partial charge is 0.158 e. The first-order valence-electron chi connectivity index (χ1n) is 3.99. The first kappa shape index (κ1) is 8.53. The molecule has 1 N–H and O–H groups in total. The molecule has 4 heteroatoms. The van der Waals surface area contributed by atoms with Crippen LogP contribution in [0.2, 0.25) is 5.02 Å². The van der Waals surface area contributed by atoms with Crippen molar-refractivity contribution in [1.82, 2.24) is 10.5 Å². The van der Waals surface area contributed by atoms with Crippen LogP contribution >= 0.6 is 11.6 Å². The van der Waals surface area contributed by atoms with E-state index in [-0.39, 0.29) is 0 Å². The highest BCUT2D eigenvalue weighted by atomic mass is 35.5. The standard InChI is InChI=1S/C9H9ClN2O/c1-11-5-9-7-4-6(10)2-3-8(7)12-13-9/h2-4,11H,5H2,1H3. The fourth-order valence-electron chi connectivity index (χ4n) is 1.25. The van der Waals surface area contributed by atoms with Crippen LogP contribution in [-0.2, 0) is 6.54 Å². The lowest BCUT2D eigenvalue weighted by molar-refractivity contribution is 0.385. The van der Waals surface area contributed by atoms with Gasteiger partial charge in [0.2, 0.25) is 0 Å². The molecular formula is C9H9ClN2O. The van der Waals surface area contributed by atoms with Crippen molar-refractivity contribution in [3.05, 3.63) is 29.0 Å². The van der Waals surface area contributed by atoms with Gasteiger partial charge < -0.3 is 9.84 Å². The highest BCUT2D eigenvalue weighted by Gasteiger charge is 2.06. The van der Waals surface area contributed by atoms with Gasteiger partial charge in [-0.2, -0.15) is 0 Å². The summed E-state index contributed by atoms with van der Waals surface area (Å²) in [7, 11) is 1.86. The summed E-state index contributed by atoms with van der Waals surface area (Å²) < 4.78 is 5.14. The number of nitrogens with zero attached hydrogens (tertiary/aromatic N) is 1. The van der Waals surface area contributed by atoms with Gasteiger partial charge in [0.05, 0.1) is 6.54 Å². The fraction of sp³-hybridized carbons (Fsp3) is 0.222. The molecule has 1 aromatic heterocycles. The Balaban J connectivity index is 2.58. The third-order valence-electron chi connectivity index (χ3n) is 1.85. The summed E-state index contributed by atoms with van der Waals surface area (Å²) in [6.07, 6.45) is 0. The van der Waals surface area contributed by atoms with E-state index in [1.54, 1.807) is 6.07 Å². The topological polar surface area (TPSA) is 38.1 Å². The van der Waals surface area contributed by atoms with Crippen molar-refractivity contribution in [2.24, 2.45) is 0 Å². The minimum atomic E-state index is 0.664. The van der Waals surface area contributed by atoms with Crippen molar-refractivity contribution in [1.29, 1.82) is 0 Å². The summed E-state index contributed by atoms with van der Waals surface area (Å²) in [5, 5.41) is 8.59. The fourth-order valence-corrected chi connectivity index (χ4v) is 1.42. The van der Waals surface area contributed by atoms with Gasteiger partial charge in [-0.15, -0.1) is 0 Å². The number of fused-ring (bicyclic) bond motifs is 1. The number of hydrogen-bond acceptors (Lipinski definition) is 3. The molecule has 0 radical (unpaired) electrons. The van der Waals surface area contributed by atoms with E-state index in [1.807, 2.05) is 19.2 Å². The molecule has 2 aromatic rings. The zero-order valence-corrected chi connectivity index (χ0v) is 7.93. The molecule has 0 spiro atoms. The minimum Gasteiger partial charge on any atom is -0.359 e. The molecule has 2 rings (SSSR count). The molecule has 0 aliphatic carbocycles. The molecule has 0 amide bonds. The van der Waals surface area contributed by atoms with E-state index < -0.39 is 0 Å². The molecule has 0 saturated heterocycles. The molecule has 1 heterocycles. The highest BCUT2D eigenvalue weighted by molar-refractivity contribution is 6.31. The number of benzene rings is 1. The number of halogens is 1. The van der Waals surface area contributed by atoms with Crippen LogP contribution in [-0.4, -0.2) is 12.2 Å². The Bertz CT molecular complexity index is 424. The molecule has 68 valence electrons. The van der Waals surface area contributed by atoms with Crippen LogP contribution in [0.3, 0.4) is 0 Å². The van der Waals surface area contributed by atoms with E-state index in [9.17, 15) is 0 Å². The number of hydrogen-bond donors (Lipinski definition) is 1. The third-order valence-corrected chi connectivity index (χ3v) is 2.09. The maximum absolute atomic E-state index is 5.86. The first-order valence-corrected chi connectivity index (χ1v) is 4.37. The third kappa shape index (κ3) is 1.53. The second kappa shape index (κ2) is 3.36. The monoisotopic (exact) mass is 196 g/mol. The molecule has 0 fully saturated rings. The van der Waals surface area contributed by atoms with Crippen LogP contribution in [0, 0.1) is 0 Å². The lowest BCUT2D eigenvalue weighted by Crippen LogP contribution is -2.03. The normalized spacial score (nSPS) is 10.9. The van der Waals surface area contributed by atoms with Gasteiger partial charge in [0.1, 0.15) is 5.52 Å². The largest absolute Gasteiger partial charge is 0.359 e. The number of rotatable bonds is 2. The predicted octanol–water partition coefficient (Wildman–Crippen LogP) is 2.20. The van der Waals surface area contributed by atoms with Crippen LogP contribution in [0.25, 0.3) is 10.9 Å². The van der Waals surface area contributed by atoms with Crippen LogP contribution in [0.15, 0.2) is 22.7 Å². The highest BCUT2D eigenvalue weighted by Crippen LogP contribution is 2.21.